The number of fused-ring (bicyclic) bond motifs is 1. The Labute approximate surface area is 82.0 Å². The smallest absolute Gasteiger partial charge is 0.0319 e. The fraction of sp³-hybridized carbons (Fsp3) is 1.00. The molecule has 0 amide bonds. The van der Waals surface area contributed by atoms with E-state index in [0.717, 1.165) is 14.2 Å². The van der Waals surface area contributed by atoms with Crippen molar-refractivity contribution in [2.45, 2.75) is 44.9 Å². The van der Waals surface area contributed by atoms with Crippen LogP contribution in [0.1, 0.15) is 44.9 Å². The summed E-state index contributed by atoms with van der Waals surface area (Å²) in [6.07, 6.45) is 10.8. The van der Waals surface area contributed by atoms with Crippen molar-refractivity contribution in [1.29, 1.82) is 0 Å². The zero-order chi connectivity index (χ0) is 10.1. The summed E-state index contributed by atoms with van der Waals surface area (Å²) >= 11 is 0. The molecule has 0 spiro atoms. The summed E-state index contributed by atoms with van der Waals surface area (Å²) in [4.78, 5) is 0. The first-order valence-corrected chi connectivity index (χ1v) is 5.36. The van der Waals surface area contributed by atoms with Crippen LogP contribution in [0.4, 0.5) is 0 Å². The second-order valence-electron chi connectivity index (χ2n) is 3.74. The molecule has 2 aliphatic carbocycles. The summed E-state index contributed by atoms with van der Waals surface area (Å²) in [5, 5.41) is 14.0. The maximum Gasteiger partial charge on any atom is 0.0319 e. The van der Waals surface area contributed by atoms with Crippen molar-refractivity contribution in [1.82, 2.24) is 0 Å². The number of hydrogen-bond donors (Lipinski definition) is 2. The van der Waals surface area contributed by atoms with E-state index in [2.05, 4.69) is 0 Å². The first kappa shape index (κ1) is 12.9. The second kappa shape index (κ2) is 8.52. The van der Waals surface area contributed by atoms with Gasteiger partial charge in [0.15, 0.2) is 0 Å². The Kier molecular flexibility index (Phi) is 8.46. The Hall–Kier alpha value is -0.0800. The topological polar surface area (TPSA) is 40.5 Å². The Bertz CT molecular complexity index is 92.3. The van der Waals surface area contributed by atoms with Gasteiger partial charge in [0, 0.05) is 14.2 Å². The molecule has 0 heterocycles. The zero-order valence-electron chi connectivity index (χ0n) is 9.00. The van der Waals surface area contributed by atoms with Crippen LogP contribution in [-0.2, 0) is 0 Å². The van der Waals surface area contributed by atoms with Crippen LogP contribution in [-0.4, -0.2) is 24.4 Å². The number of rotatable bonds is 0. The van der Waals surface area contributed by atoms with E-state index in [9.17, 15) is 0 Å². The van der Waals surface area contributed by atoms with Gasteiger partial charge in [0.1, 0.15) is 0 Å². The van der Waals surface area contributed by atoms with Gasteiger partial charge in [0.2, 0.25) is 0 Å². The molecule has 0 bridgehead atoms. The minimum atomic E-state index is 1.00. The van der Waals surface area contributed by atoms with Crippen molar-refractivity contribution < 1.29 is 10.2 Å². The molecule has 13 heavy (non-hydrogen) atoms. The molecule has 0 aromatic carbocycles. The minimum Gasteiger partial charge on any atom is -0.400 e. The Balaban J connectivity index is 0.000000322. The van der Waals surface area contributed by atoms with Crippen LogP contribution in [0.2, 0.25) is 0 Å². The molecule has 2 heteroatoms. The third-order valence-electron chi connectivity index (χ3n) is 3.22. The molecule has 0 aromatic heterocycles. The average molecular weight is 188 g/mol. The lowest BCUT2D eigenvalue weighted by Gasteiger charge is -2.24. The highest BCUT2D eigenvalue weighted by Crippen LogP contribution is 2.41. The van der Waals surface area contributed by atoms with Crippen LogP contribution >= 0.6 is 0 Å². The zero-order valence-corrected chi connectivity index (χ0v) is 9.00. The first-order chi connectivity index (χ1) is 6.47. The number of hydrogen-bond acceptors (Lipinski definition) is 2. The van der Waals surface area contributed by atoms with Crippen molar-refractivity contribution in [3.63, 3.8) is 0 Å². The van der Waals surface area contributed by atoms with E-state index in [1.807, 2.05) is 0 Å². The number of aliphatic hydroxyl groups excluding tert-OH is 2. The highest BCUT2D eigenvalue weighted by atomic mass is 16.2. The van der Waals surface area contributed by atoms with Gasteiger partial charge in [0.25, 0.3) is 0 Å². The molecule has 0 aliphatic heterocycles. The van der Waals surface area contributed by atoms with Gasteiger partial charge in [0.05, 0.1) is 0 Å². The van der Waals surface area contributed by atoms with Crippen molar-refractivity contribution in [3.8, 4) is 0 Å². The van der Waals surface area contributed by atoms with Crippen LogP contribution in [0.3, 0.4) is 0 Å². The fourth-order valence-electron chi connectivity index (χ4n) is 2.69. The standard InChI is InChI=1S/C9H16.2CH4O/c1-2-5-9-7-3-6-8(9)4-1;2*1-2/h8-9H,1-7H2;2*2H,1H3. The Morgan fingerprint density at radius 2 is 0.923 bits per heavy atom. The molecule has 0 radical (unpaired) electrons. The lowest BCUT2D eigenvalue weighted by Crippen LogP contribution is -2.12. The molecule has 0 saturated heterocycles. The molecule has 2 rings (SSSR count). The fourth-order valence-corrected chi connectivity index (χ4v) is 2.69. The van der Waals surface area contributed by atoms with Gasteiger partial charge in [-0.2, -0.15) is 0 Å². The van der Waals surface area contributed by atoms with E-state index in [0.29, 0.717) is 0 Å². The molecule has 0 aromatic rings. The molecule has 80 valence electrons. The van der Waals surface area contributed by atoms with E-state index >= 15 is 0 Å². The lowest BCUT2D eigenvalue weighted by atomic mass is 9.82. The van der Waals surface area contributed by atoms with Gasteiger partial charge >= 0.3 is 0 Å². The monoisotopic (exact) mass is 188 g/mol. The van der Waals surface area contributed by atoms with Gasteiger partial charge in [-0.3, -0.25) is 0 Å². The van der Waals surface area contributed by atoms with E-state index < -0.39 is 0 Å². The maximum absolute atomic E-state index is 7.00. The molecular weight excluding hydrogens is 164 g/mol. The minimum absolute atomic E-state index is 1.00. The van der Waals surface area contributed by atoms with Gasteiger partial charge in [-0.25, -0.2) is 0 Å². The normalized spacial score (nSPS) is 30.5. The van der Waals surface area contributed by atoms with Crippen LogP contribution < -0.4 is 0 Å². The van der Waals surface area contributed by atoms with Crippen LogP contribution in [0.15, 0.2) is 0 Å². The maximum atomic E-state index is 7.00. The SMILES string of the molecule is C1CCC2CCCC2C1.CO.CO. The summed E-state index contributed by atoms with van der Waals surface area (Å²) < 4.78 is 0. The summed E-state index contributed by atoms with van der Waals surface area (Å²) in [7, 11) is 2.00. The predicted octanol–water partition coefficient (Wildman–Crippen LogP) is 2.19. The molecule has 2 fully saturated rings. The average Bonchev–Trinajstić information content (AvgIpc) is 2.71. The van der Waals surface area contributed by atoms with E-state index in [-0.39, 0.29) is 0 Å². The molecular formula is C11H24O2. The lowest BCUT2D eigenvalue weighted by molar-refractivity contribution is 0.277. The Morgan fingerprint density at radius 3 is 1.31 bits per heavy atom. The summed E-state index contributed by atoms with van der Waals surface area (Å²) in [6.45, 7) is 0. The van der Waals surface area contributed by atoms with E-state index in [4.69, 9.17) is 10.2 Å². The largest absolute Gasteiger partial charge is 0.400 e. The van der Waals surface area contributed by atoms with Gasteiger partial charge in [-0.05, 0) is 11.8 Å². The van der Waals surface area contributed by atoms with Crippen molar-refractivity contribution in [3.05, 3.63) is 0 Å². The third kappa shape index (κ3) is 4.10. The van der Waals surface area contributed by atoms with E-state index in [1.54, 1.807) is 25.7 Å². The predicted molar refractivity (Wildman–Crippen MR) is 55.6 cm³/mol. The quantitative estimate of drug-likeness (QED) is 0.612. The van der Waals surface area contributed by atoms with Crippen LogP contribution in [0, 0.1) is 11.8 Å². The molecule has 2 nitrogen and oxygen atoms in total. The highest BCUT2D eigenvalue weighted by Gasteiger charge is 2.28. The molecule has 2 unspecified atom stereocenters. The number of aliphatic hydroxyl groups is 2. The third-order valence-corrected chi connectivity index (χ3v) is 3.22. The van der Waals surface area contributed by atoms with Crippen molar-refractivity contribution in [2.24, 2.45) is 11.8 Å². The van der Waals surface area contributed by atoms with Gasteiger partial charge < -0.3 is 10.2 Å². The van der Waals surface area contributed by atoms with Crippen LogP contribution in [0.5, 0.6) is 0 Å². The first-order valence-electron chi connectivity index (χ1n) is 5.36. The van der Waals surface area contributed by atoms with Gasteiger partial charge in [-0.1, -0.05) is 44.9 Å². The highest BCUT2D eigenvalue weighted by molar-refractivity contribution is 4.80. The summed E-state index contributed by atoms with van der Waals surface area (Å²) in [6, 6.07) is 0. The molecule has 2 atom stereocenters. The second-order valence-corrected chi connectivity index (χ2v) is 3.74. The van der Waals surface area contributed by atoms with Crippen molar-refractivity contribution in [2.75, 3.05) is 14.2 Å². The van der Waals surface area contributed by atoms with Gasteiger partial charge in [-0.15, -0.1) is 0 Å². The summed E-state index contributed by atoms with van der Waals surface area (Å²) in [5.41, 5.74) is 0. The molecule has 2 N–H and O–H groups in total. The summed E-state index contributed by atoms with van der Waals surface area (Å²) in [5.74, 6) is 2.33. The Morgan fingerprint density at radius 1 is 0.615 bits per heavy atom. The van der Waals surface area contributed by atoms with Crippen molar-refractivity contribution >= 4 is 0 Å². The van der Waals surface area contributed by atoms with E-state index in [1.165, 1.54) is 31.1 Å². The molecule has 2 aliphatic rings. The molecule has 2 saturated carbocycles. The van der Waals surface area contributed by atoms with Crippen LogP contribution in [0.25, 0.3) is 0 Å².